The van der Waals surface area contributed by atoms with Crippen LogP contribution in [0.1, 0.15) is 18.1 Å². The van der Waals surface area contributed by atoms with Gasteiger partial charge in [-0.05, 0) is 31.1 Å². The van der Waals surface area contributed by atoms with E-state index in [0.29, 0.717) is 0 Å². The molecule has 1 atom stereocenters. The lowest BCUT2D eigenvalue weighted by Gasteiger charge is -2.35. The zero-order valence-electron chi connectivity index (χ0n) is 13.4. The summed E-state index contributed by atoms with van der Waals surface area (Å²) in [6.45, 7) is 3.01. The van der Waals surface area contributed by atoms with E-state index in [1.165, 1.54) is 0 Å². The smallest absolute Gasteiger partial charge is 0.111 e. The van der Waals surface area contributed by atoms with Crippen LogP contribution in [0.15, 0.2) is 60.7 Å². The second kappa shape index (κ2) is 8.12. The summed E-state index contributed by atoms with van der Waals surface area (Å²) >= 11 is 0. The molecule has 0 N–H and O–H groups in total. The fourth-order valence-corrected chi connectivity index (χ4v) is 3.06. The maximum absolute atomic E-state index is 10.1. The van der Waals surface area contributed by atoms with Crippen LogP contribution in [0.4, 0.5) is 0 Å². The Morgan fingerprint density at radius 2 is 1.36 bits per heavy atom. The van der Waals surface area contributed by atoms with E-state index in [2.05, 4.69) is 56.3 Å². The van der Waals surface area contributed by atoms with E-state index < -0.39 is 5.41 Å². The minimum absolute atomic E-state index is 0. The van der Waals surface area contributed by atoms with Crippen molar-refractivity contribution in [1.82, 2.24) is 4.90 Å². The Bertz CT molecular complexity index is 563. The van der Waals surface area contributed by atoms with Crippen LogP contribution in [-0.4, -0.2) is 25.5 Å². The molecule has 1 unspecified atom stereocenters. The Kier molecular flexibility index (Phi) is 6.80. The van der Waals surface area contributed by atoms with Gasteiger partial charge in [-0.3, -0.25) is 0 Å². The van der Waals surface area contributed by atoms with Crippen LogP contribution in [0, 0.1) is 17.2 Å². The second-order valence-electron chi connectivity index (χ2n) is 5.82. The summed E-state index contributed by atoms with van der Waals surface area (Å²) < 4.78 is 0. The van der Waals surface area contributed by atoms with Gasteiger partial charge in [-0.25, -0.2) is 0 Å². The number of nitriles is 1. The summed E-state index contributed by atoms with van der Waals surface area (Å²) in [6, 6.07) is 22.9. The van der Waals surface area contributed by atoms with Crippen molar-refractivity contribution in [2.45, 2.75) is 12.3 Å². The van der Waals surface area contributed by atoms with E-state index in [4.69, 9.17) is 0 Å². The largest absolute Gasteiger partial charge is 0.309 e. The minimum Gasteiger partial charge on any atom is -0.309 e. The molecule has 0 spiro atoms. The van der Waals surface area contributed by atoms with E-state index in [-0.39, 0.29) is 22.9 Å². The number of hydrogen-bond acceptors (Lipinski definition) is 2. The number of hydrogen-bond donors (Lipinski definition) is 0. The van der Waals surface area contributed by atoms with Crippen LogP contribution in [0.5, 0.6) is 0 Å². The van der Waals surface area contributed by atoms with Gasteiger partial charge in [0.1, 0.15) is 5.41 Å². The summed E-state index contributed by atoms with van der Waals surface area (Å²) in [5.41, 5.74) is 1.51. The van der Waals surface area contributed by atoms with E-state index in [1.54, 1.807) is 0 Å². The highest BCUT2D eigenvalue weighted by Crippen LogP contribution is 2.39. The quantitative estimate of drug-likeness (QED) is 0.797. The van der Waals surface area contributed by atoms with Crippen LogP contribution < -0.4 is 0 Å². The highest BCUT2D eigenvalue weighted by molar-refractivity contribution is 8.93. The molecule has 0 radical (unpaired) electrons. The summed E-state index contributed by atoms with van der Waals surface area (Å²) in [4.78, 5) is 2.14. The summed E-state index contributed by atoms with van der Waals surface area (Å²) in [5.74, 6) is 0.183. The zero-order chi connectivity index (χ0) is 15.3. The van der Waals surface area contributed by atoms with Crippen molar-refractivity contribution in [1.29, 1.82) is 5.26 Å². The topological polar surface area (TPSA) is 27.0 Å². The van der Waals surface area contributed by atoms with Crippen LogP contribution in [-0.2, 0) is 5.41 Å². The van der Waals surface area contributed by atoms with Crippen LogP contribution in [0.3, 0.4) is 0 Å². The third kappa shape index (κ3) is 3.58. The predicted molar refractivity (Wildman–Crippen MR) is 97.3 cm³/mol. The van der Waals surface area contributed by atoms with Gasteiger partial charge in [-0.15, -0.1) is 17.0 Å². The fourth-order valence-electron chi connectivity index (χ4n) is 3.06. The van der Waals surface area contributed by atoms with E-state index in [9.17, 15) is 5.26 Å². The molecule has 0 saturated carbocycles. The Balaban J connectivity index is 0.00000242. The Labute approximate surface area is 144 Å². The third-order valence-electron chi connectivity index (χ3n) is 4.01. The first-order chi connectivity index (χ1) is 10.1. The van der Waals surface area contributed by atoms with Crippen molar-refractivity contribution in [3.63, 3.8) is 0 Å². The van der Waals surface area contributed by atoms with E-state index >= 15 is 0 Å². The summed E-state index contributed by atoms with van der Waals surface area (Å²) in [5, 5.41) is 10.1. The van der Waals surface area contributed by atoms with Crippen molar-refractivity contribution in [3.05, 3.63) is 71.8 Å². The monoisotopic (exact) mass is 358 g/mol. The molecule has 0 bridgehead atoms. The van der Waals surface area contributed by atoms with E-state index in [1.807, 2.05) is 36.4 Å². The van der Waals surface area contributed by atoms with Gasteiger partial charge in [0.15, 0.2) is 0 Å². The molecule has 2 aromatic carbocycles. The molecule has 0 aliphatic carbocycles. The molecule has 0 aliphatic rings. The first kappa shape index (κ1) is 18.4. The standard InChI is InChI=1S/C19H22N2.BrH/c1-16(14-21(2)3)19(15-20,17-10-6-4-7-11-17)18-12-8-5-9-13-18;/h4-13,16H,14H2,1-3H3;1H. The molecular formula is C19H23BrN2. The van der Waals surface area contributed by atoms with Gasteiger partial charge in [0.2, 0.25) is 0 Å². The van der Waals surface area contributed by atoms with Gasteiger partial charge >= 0.3 is 0 Å². The zero-order valence-corrected chi connectivity index (χ0v) is 15.1. The average Bonchev–Trinajstić information content (AvgIpc) is 2.50. The van der Waals surface area contributed by atoms with Crippen molar-refractivity contribution >= 4 is 17.0 Å². The highest BCUT2D eigenvalue weighted by atomic mass is 79.9. The summed E-state index contributed by atoms with van der Waals surface area (Å²) in [6.07, 6.45) is 0. The first-order valence-electron chi connectivity index (χ1n) is 7.28. The number of benzene rings is 2. The van der Waals surface area contributed by atoms with Gasteiger partial charge in [0.25, 0.3) is 0 Å². The van der Waals surface area contributed by atoms with Crippen LogP contribution in [0.25, 0.3) is 0 Å². The highest BCUT2D eigenvalue weighted by Gasteiger charge is 2.40. The molecule has 22 heavy (non-hydrogen) atoms. The molecule has 2 rings (SSSR count). The molecule has 0 heterocycles. The van der Waals surface area contributed by atoms with Crippen LogP contribution >= 0.6 is 17.0 Å². The number of nitrogens with zero attached hydrogens (tertiary/aromatic N) is 2. The SMILES string of the molecule is Br.CC(CN(C)C)C(C#N)(c1ccccc1)c1ccccc1. The number of halogens is 1. The lowest BCUT2D eigenvalue weighted by molar-refractivity contribution is 0.290. The Morgan fingerprint density at radius 3 is 1.68 bits per heavy atom. The summed E-state index contributed by atoms with van der Waals surface area (Å²) in [7, 11) is 4.10. The first-order valence-corrected chi connectivity index (χ1v) is 7.28. The van der Waals surface area contributed by atoms with E-state index in [0.717, 1.165) is 17.7 Å². The van der Waals surface area contributed by atoms with Gasteiger partial charge < -0.3 is 4.90 Å². The lowest BCUT2D eigenvalue weighted by Crippen LogP contribution is -2.39. The number of rotatable bonds is 5. The van der Waals surface area contributed by atoms with Crippen molar-refractivity contribution in [2.75, 3.05) is 20.6 Å². The lowest BCUT2D eigenvalue weighted by atomic mass is 9.67. The molecule has 2 aromatic rings. The Morgan fingerprint density at radius 1 is 0.955 bits per heavy atom. The average molecular weight is 359 g/mol. The maximum atomic E-state index is 10.1. The maximum Gasteiger partial charge on any atom is 0.111 e. The fraction of sp³-hybridized carbons (Fsp3) is 0.316. The molecule has 116 valence electrons. The normalized spacial score (nSPS) is 12.3. The third-order valence-corrected chi connectivity index (χ3v) is 4.01. The molecular weight excluding hydrogens is 336 g/mol. The Hall–Kier alpha value is -1.63. The molecule has 2 nitrogen and oxygen atoms in total. The predicted octanol–water partition coefficient (Wildman–Crippen LogP) is 4.27. The minimum atomic E-state index is -0.618. The molecule has 0 aromatic heterocycles. The molecule has 0 saturated heterocycles. The van der Waals surface area contributed by atoms with Gasteiger partial charge in [-0.1, -0.05) is 67.6 Å². The molecule has 0 aliphatic heterocycles. The molecule has 3 heteroatoms. The molecule has 0 amide bonds. The van der Waals surface area contributed by atoms with Crippen molar-refractivity contribution in [2.24, 2.45) is 5.92 Å². The second-order valence-corrected chi connectivity index (χ2v) is 5.82. The molecule has 0 fully saturated rings. The van der Waals surface area contributed by atoms with Gasteiger partial charge in [0.05, 0.1) is 6.07 Å². The van der Waals surface area contributed by atoms with Crippen molar-refractivity contribution in [3.8, 4) is 6.07 Å². The van der Waals surface area contributed by atoms with Gasteiger partial charge in [0, 0.05) is 6.54 Å². The van der Waals surface area contributed by atoms with Crippen LogP contribution in [0.2, 0.25) is 0 Å². The van der Waals surface area contributed by atoms with Crippen molar-refractivity contribution < 1.29 is 0 Å². The van der Waals surface area contributed by atoms with Gasteiger partial charge in [-0.2, -0.15) is 5.26 Å².